The van der Waals surface area contributed by atoms with Gasteiger partial charge in [-0.25, -0.2) is 4.90 Å². The van der Waals surface area contributed by atoms with Gasteiger partial charge in [0, 0.05) is 47.8 Å². The average Bonchev–Trinajstić information content (AvgIpc) is 1.64. The molecule has 6 fully saturated rings. The number of benzene rings is 4. The molecule has 22 heteroatoms. The number of hydrogen-bond acceptors (Lipinski definition) is 14. The Bertz CT molecular complexity index is 4370. The summed E-state index contributed by atoms with van der Waals surface area (Å²) in [6.07, 6.45) is 16.9. The second kappa shape index (κ2) is 51.6. The molecule has 6 aliphatic rings. The van der Waals surface area contributed by atoms with E-state index in [-0.39, 0.29) is 114 Å². The fourth-order valence-corrected chi connectivity index (χ4v) is 18.6. The molecule has 0 saturated carbocycles. The lowest BCUT2D eigenvalue weighted by molar-refractivity contribution is -0.365. The lowest BCUT2D eigenvalue weighted by atomic mass is 9.75. The molecule has 0 spiro atoms. The van der Waals surface area contributed by atoms with Crippen LogP contribution in [-0.2, 0) is 57.4 Å². The van der Waals surface area contributed by atoms with Crippen LogP contribution in [0.4, 0.5) is 0 Å². The summed E-state index contributed by atoms with van der Waals surface area (Å²) in [5, 5.41) is 0. The fraction of sp³-hybridized carbons (Fsp3) is 0.505. The van der Waals surface area contributed by atoms with Gasteiger partial charge in [-0.2, -0.15) is 0 Å². The molecule has 18 unspecified atom stereocenters. The first-order chi connectivity index (χ1) is 54.7. The van der Waals surface area contributed by atoms with E-state index in [2.05, 4.69) is 144 Å². The molecule has 0 bridgehead atoms. The predicted molar refractivity (Wildman–Crippen MR) is 487 cm³/mol. The van der Waals surface area contributed by atoms with E-state index in [1.165, 1.54) is 40.4 Å². The summed E-state index contributed by atoms with van der Waals surface area (Å²) in [5.74, 6) is -6.79. The number of quaternary nitrogens is 1. The zero-order chi connectivity index (χ0) is 81.8. The molecular weight excluding hydrogens is 1520 g/mol. The van der Waals surface area contributed by atoms with Crippen LogP contribution >= 0.6 is 34.4 Å². The van der Waals surface area contributed by atoms with Crippen molar-refractivity contribution < 1.29 is 78.8 Å². The van der Waals surface area contributed by atoms with Crippen molar-refractivity contribution in [2.75, 3.05) is 32.8 Å². The molecular formula is C93H145N6O12P4+. The molecule has 0 aliphatic carbocycles. The van der Waals surface area contributed by atoms with Gasteiger partial charge in [0.2, 0.25) is 35.4 Å². The van der Waals surface area contributed by atoms with E-state index in [4.69, 9.17) is 10.5 Å². The van der Waals surface area contributed by atoms with Gasteiger partial charge in [-0.1, -0.05) is 264 Å². The smallest absolute Gasteiger partial charge is 0.321 e. The van der Waals surface area contributed by atoms with Gasteiger partial charge in [0.15, 0.2) is 5.82 Å². The molecule has 5 N–H and O–H groups in total. The summed E-state index contributed by atoms with van der Waals surface area (Å²) in [6.45, 7) is 18.3. The van der Waals surface area contributed by atoms with Crippen molar-refractivity contribution in [3.8, 4) is 0 Å². The first-order valence-corrected chi connectivity index (χ1v) is 46.0. The van der Waals surface area contributed by atoms with Gasteiger partial charge < -0.3 is 20.1 Å². The van der Waals surface area contributed by atoms with Crippen LogP contribution in [0.3, 0.4) is 0 Å². The van der Waals surface area contributed by atoms with Crippen LogP contribution in [-0.4, -0.2) is 123 Å². The molecule has 6 heterocycles. The number of amides is 6. The largest absolute Gasteiger partial charge is 0.393 e. The number of rotatable bonds is 34. The molecule has 18 nitrogen and oxygen atoms in total. The van der Waals surface area contributed by atoms with Crippen LogP contribution in [0, 0.1) is 47.3 Å². The Morgan fingerprint density at radius 2 is 0.887 bits per heavy atom. The Kier molecular flexibility index (Phi) is 43.6. The monoisotopic (exact) mass is 1660 g/mol. The first-order valence-electron chi connectivity index (χ1n) is 40.3. The van der Waals surface area contributed by atoms with Crippen molar-refractivity contribution in [3.05, 3.63) is 213 Å². The number of imide groups is 3. The Hall–Kier alpha value is -8.44. The van der Waals surface area contributed by atoms with Gasteiger partial charge in [-0.15, -0.1) is 17.9 Å². The zero-order valence-corrected chi connectivity index (χ0v) is 71.0. The first kappa shape index (κ1) is 97.1. The lowest BCUT2D eigenvalue weighted by Gasteiger charge is -2.27. The maximum Gasteiger partial charge on any atom is 0.321 e. The van der Waals surface area contributed by atoms with Gasteiger partial charge in [-0.05, 0) is 168 Å². The third kappa shape index (κ3) is 28.4. The molecule has 4 aromatic carbocycles. The second-order valence-electron chi connectivity index (χ2n) is 30.1. The third-order valence-corrected chi connectivity index (χ3v) is 26.8. The van der Waals surface area contributed by atoms with E-state index in [1.54, 1.807) is 6.92 Å². The van der Waals surface area contributed by atoms with Gasteiger partial charge >= 0.3 is 23.9 Å². The van der Waals surface area contributed by atoms with Crippen LogP contribution in [0.2, 0.25) is 0 Å². The quantitative estimate of drug-likeness (QED) is 0.00839. The van der Waals surface area contributed by atoms with Crippen molar-refractivity contribution in [1.82, 2.24) is 19.6 Å². The summed E-state index contributed by atoms with van der Waals surface area (Å²) >= 11 is 0. The Morgan fingerprint density at radius 1 is 0.496 bits per heavy atom. The molecule has 0 aromatic heterocycles. The highest BCUT2D eigenvalue weighted by atomic mass is 32.0. The topological polar surface area (TPSA) is 256 Å². The minimum Gasteiger partial charge on any atom is -0.393 e. The number of esters is 4. The number of nitrogens with two attached hydrogens (primary N) is 1. The minimum absolute atomic E-state index is 0. The molecule has 638 valence electrons. The van der Waals surface area contributed by atoms with E-state index >= 15 is 0 Å². The van der Waals surface area contributed by atoms with Gasteiger partial charge in [-0.3, -0.25) is 63.5 Å². The van der Waals surface area contributed by atoms with Crippen molar-refractivity contribution in [3.63, 3.8) is 0 Å². The number of nitrogens with zero attached hydrogens (tertiary/aromatic N) is 4. The highest BCUT2D eigenvalue weighted by molar-refractivity contribution is 8.03. The zero-order valence-electron chi connectivity index (χ0n) is 66.6. The summed E-state index contributed by atoms with van der Waals surface area (Å²) in [5.41, 5.74) is 39.1. The van der Waals surface area contributed by atoms with E-state index < -0.39 is 59.3 Å². The highest BCUT2D eigenvalue weighted by Gasteiger charge is 2.53. The highest BCUT2D eigenvalue weighted by Crippen LogP contribution is 2.47. The summed E-state index contributed by atoms with van der Waals surface area (Å²) in [7, 11) is 6.30. The van der Waals surface area contributed by atoms with Crippen LogP contribution < -0.4 is 11.5 Å². The molecule has 6 amide bonds. The maximum absolute atomic E-state index is 14.7. The van der Waals surface area contributed by atoms with Gasteiger partial charge in [0.1, 0.15) is 6.67 Å². The summed E-state index contributed by atoms with van der Waals surface area (Å²) < 4.78 is 9.22. The molecule has 10 rings (SSSR count). The van der Waals surface area contributed by atoms with E-state index in [1.807, 2.05) is 109 Å². The van der Waals surface area contributed by atoms with Gasteiger partial charge in [0.25, 0.3) is 0 Å². The van der Waals surface area contributed by atoms with Crippen LogP contribution in [0.15, 0.2) is 191 Å². The maximum atomic E-state index is 14.7. The van der Waals surface area contributed by atoms with Crippen LogP contribution in [0.25, 0.3) is 0 Å². The van der Waals surface area contributed by atoms with Crippen LogP contribution in [0.1, 0.15) is 246 Å². The lowest BCUT2D eigenvalue weighted by Crippen LogP contribution is -2.54. The summed E-state index contributed by atoms with van der Waals surface area (Å²) in [6, 6.07) is 40.1. The Morgan fingerprint density at radius 3 is 1.26 bits per heavy atom. The number of carbonyl (C=O) groups excluding carboxylic acids is 10. The van der Waals surface area contributed by atoms with E-state index in [0.717, 1.165) is 80.0 Å². The summed E-state index contributed by atoms with van der Waals surface area (Å²) in [4.78, 5) is 137. The average molecular weight is 1660 g/mol. The molecule has 0 radical (unpaired) electrons. The fourth-order valence-electron chi connectivity index (χ4n) is 15.9. The number of hydrogen-bond donors (Lipinski definition) is 2. The molecule has 6 saturated heterocycles. The van der Waals surface area contributed by atoms with Crippen LogP contribution in [0.5, 0.6) is 0 Å². The van der Waals surface area contributed by atoms with Crippen molar-refractivity contribution in [2.45, 2.75) is 220 Å². The number of carbonyl (C=O) groups is 10. The molecule has 4 aromatic rings. The minimum atomic E-state index is -0.647. The van der Waals surface area contributed by atoms with E-state index in [9.17, 15) is 47.9 Å². The van der Waals surface area contributed by atoms with Gasteiger partial charge in [0.05, 0.1) is 53.5 Å². The Labute approximate surface area is 707 Å². The number of unbranched alkanes of at least 4 members (excludes halogenated alkanes) is 10. The SMILES string of the molecule is C.C.C=C=C=C=C=C=C=C=C=C=C=C(N1CCC(PP)C1)N1C(=O)C(C)C(CC(CC2C(=O)N(CCCCCCCC)C(=O)C2CC(C)c2ccccc2)c2ccccc2)C1=O.CCCCCCCCN1C(=O)C(CC(C)c2ccccc2)C(CC(CC2C(=O)OC(=O)C2C)c2ccccc2)C1=O.NC[NH3+].O=C1CC(PP)C(=O)O1.[HH].[HH].[HH].[HH].[HH].[HH].[HH].[HH].[HH].[HH].[HH]. The number of ether oxygens (including phenoxy) is 2. The standard InChI is InChI=1S/C51H57N3O4P2.C35H45NO5.C4H6O3P2.CH6N2.2CH4.11H2/c1-5-7-9-11-13-14-15-16-24-30-47(52-33-31-43(37-52)60-59)54-48(55)39(4)44(51(54)58)35-42(41-28-22-19-23-29-41)36-46-45(34-38(3)40-26-20-18-21-27-40)49(56)53(50(46)57)32-25-17-12-10-8-6-2;1-4-5-6-7-8-15-20-36-32(37)30(21-24(2)26-16-11-9-12-17-26)31(33(36)38)23-28(27-18-13-10-14-19-27)22-29-25(3)34(39)41-35(29)40;5-3-1-2(9-8)4(6)7-3;2-1-3;;;;;;;;;;;;;/h18-23,26-29,38-39,42-46,60H,1,6,8,10,12,17,25,31-37,59H2,2-4H3;9-14,16-19,24-25,28-31H,4-8,15,20-23H2,1-3H3;2,9H,1,8H2;1-3H2;2*1H4;11*1H/p+1. The predicted octanol–water partition coefficient (Wildman–Crippen LogP) is 19.4. The normalized spacial score (nSPS) is 22.3. The second-order valence-corrected chi connectivity index (χ2v) is 34.3. The number of likely N-dealkylation sites (tertiary alicyclic amines) is 4. The Balaban J connectivity index is -0.000000376. The van der Waals surface area contributed by atoms with E-state index in [0.29, 0.717) is 99.4 Å². The molecule has 18 atom stereocenters. The third-order valence-electron chi connectivity index (χ3n) is 22.4. The number of cyclic esters (lactones) is 4. The van der Waals surface area contributed by atoms with Crippen molar-refractivity contribution >= 4 is 93.7 Å². The molecule has 115 heavy (non-hydrogen) atoms. The van der Waals surface area contributed by atoms with Crippen molar-refractivity contribution in [1.29, 1.82) is 0 Å². The van der Waals surface area contributed by atoms with Crippen molar-refractivity contribution in [2.24, 2.45) is 53.1 Å². The molecule has 6 aliphatic heterocycles.